The number of para-hydroxylation sites is 1. The molecule has 2 aromatic heterocycles. The predicted molar refractivity (Wildman–Crippen MR) is 108 cm³/mol. The van der Waals surface area contributed by atoms with E-state index < -0.39 is 0 Å². The number of thioether (sulfide) groups is 1. The van der Waals surface area contributed by atoms with Gasteiger partial charge in [0, 0.05) is 32.5 Å². The molecule has 0 saturated carbocycles. The number of anilines is 1. The van der Waals surface area contributed by atoms with Crippen molar-refractivity contribution < 1.29 is 9.53 Å². The van der Waals surface area contributed by atoms with Crippen molar-refractivity contribution in [2.45, 2.75) is 18.0 Å². The van der Waals surface area contributed by atoms with E-state index in [0.29, 0.717) is 22.6 Å². The van der Waals surface area contributed by atoms with E-state index in [1.165, 1.54) is 17.3 Å². The minimum Gasteiger partial charge on any atom is -0.479 e. The summed E-state index contributed by atoms with van der Waals surface area (Å²) in [6.45, 7) is 0.757. The van der Waals surface area contributed by atoms with Gasteiger partial charge in [-0.15, -0.1) is 15.3 Å². The number of hydrogen-bond donors (Lipinski definition) is 0. The minimum atomic E-state index is 0.0839. The van der Waals surface area contributed by atoms with Gasteiger partial charge in [0.05, 0.1) is 12.9 Å². The number of carbonyl (C=O) groups is 1. The highest BCUT2D eigenvalue weighted by atomic mass is 32.2. The smallest absolute Gasteiger partial charge is 0.243 e. The van der Waals surface area contributed by atoms with Crippen LogP contribution in [-0.2, 0) is 25.3 Å². The van der Waals surface area contributed by atoms with Crippen LogP contribution in [0.2, 0.25) is 0 Å². The van der Waals surface area contributed by atoms with Crippen molar-refractivity contribution in [3.05, 3.63) is 36.0 Å². The van der Waals surface area contributed by atoms with Crippen molar-refractivity contribution >= 4 is 23.4 Å². The molecule has 1 aliphatic heterocycles. The van der Waals surface area contributed by atoms with Gasteiger partial charge in [-0.2, -0.15) is 0 Å². The summed E-state index contributed by atoms with van der Waals surface area (Å²) in [7, 11) is 5.28. The van der Waals surface area contributed by atoms with E-state index in [0.717, 1.165) is 30.6 Å². The van der Waals surface area contributed by atoms with Gasteiger partial charge in [-0.05, 0) is 24.5 Å². The summed E-state index contributed by atoms with van der Waals surface area (Å²) < 4.78 is 8.85. The predicted octanol–water partition coefficient (Wildman–Crippen LogP) is 2.30. The molecule has 4 rings (SSSR count). The topological polar surface area (TPSA) is 78.1 Å². The molecule has 0 spiro atoms. The zero-order chi connectivity index (χ0) is 19.7. The van der Waals surface area contributed by atoms with Crippen LogP contribution in [0, 0.1) is 0 Å². The van der Waals surface area contributed by atoms with E-state index in [1.54, 1.807) is 11.8 Å². The molecule has 1 aromatic carbocycles. The fourth-order valence-electron chi connectivity index (χ4n) is 3.44. The molecule has 0 bridgehead atoms. The second-order valence-corrected chi connectivity index (χ2v) is 7.60. The molecule has 0 atom stereocenters. The number of aryl methyl sites for hydroxylation is 2. The summed E-state index contributed by atoms with van der Waals surface area (Å²) in [6.07, 6.45) is 3.85. The van der Waals surface area contributed by atoms with Crippen LogP contribution >= 0.6 is 11.8 Å². The summed E-state index contributed by atoms with van der Waals surface area (Å²) in [5, 5.41) is 13.5. The second-order valence-electron chi connectivity index (χ2n) is 6.66. The number of fused-ring (bicyclic) bond motifs is 1. The van der Waals surface area contributed by atoms with Gasteiger partial charge >= 0.3 is 0 Å². The first kappa shape index (κ1) is 18.5. The molecule has 3 heterocycles. The van der Waals surface area contributed by atoms with Crippen molar-refractivity contribution in [1.29, 1.82) is 0 Å². The Labute approximate surface area is 167 Å². The molecule has 1 aliphatic rings. The highest BCUT2D eigenvalue weighted by Crippen LogP contribution is 2.30. The fourth-order valence-corrected chi connectivity index (χ4v) is 4.23. The Hall–Kier alpha value is -2.81. The molecular formula is C19H22N6O2S. The Kier molecular flexibility index (Phi) is 5.08. The molecule has 0 saturated heterocycles. The van der Waals surface area contributed by atoms with Gasteiger partial charge in [0.15, 0.2) is 11.0 Å². The number of amides is 1. The average molecular weight is 398 g/mol. The lowest BCUT2D eigenvalue weighted by molar-refractivity contribution is -0.116. The van der Waals surface area contributed by atoms with Gasteiger partial charge in [-0.3, -0.25) is 9.48 Å². The van der Waals surface area contributed by atoms with Crippen molar-refractivity contribution in [3.8, 4) is 17.3 Å². The van der Waals surface area contributed by atoms with Crippen LogP contribution in [0.1, 0.15) is 12.0 Å². The van der Waals surface area contributed by atoms with Gasteiger partial charge in [0.2, 0.25) is 11.8 Å². The van der Waals surface area contributed by atoms with Gasteiger partial charge in [0.1, 0.15) is 5.56 Å². The average Bonchev–Trinajstić information content (AvgIpc) is 3.27. The third-order valence-electron chi connectivity index (χ3n) is 4.80. The van der Waals surface area contributed by atoms with Crippen LogP contribution in [0.5, 0.6) is 5.88 Å². The van der Waals surface area contributed by atoms with E-state index in [9.17, 15) is 4.79 Å². The van der Waals surface area contributed by atoms with Crippen molar-refractivity contribution in [1.82, 2.24) is 24.5 Å². The Balaban J connectivity index is 1.49. The summed E-state index contributed by atoms with van der Waals surface area (Å²) >= 11 is 1.39. The molecule has 146 valence electrons. The standard InChI is InChI=1S/C19H22N6O2S/c1-23-11-14(18(22-23)27-3)17-20-21-19(24(17)2)28-12-16(26)25-10-6-8-13-7-4-5-9-15(13)25/h4-5,7,9,11H,6,8,10,12H2,1-3H3. The van der Waals surface area contributed by atoms with E-state index >= 15 is 0 Å². The molecule has 28 heavy (non-hydrogen) atoms. The largest absolute Gasteiger partial charge is 0.479 e. The van der Waals surface area contributed by atoms with Crippen LogP contribution in [0.25, 0.3) is 11.4 Å². The summed E-state index contributed by atoms with van der Waals surface area (Å²) in [6, 6.07) is 8.12. The highest BCUT2D eigenvalue weighted by Gasteiger charge is 2.23. The van der Waals surface area contributed by atoms with Crippen molar-refractivity contribution in [2.75, 3.05) is 24.3 Å². The number of ether oxygens (including phenoxy) is 1. The number of methoxy groups -OCH3 is 1. The molecule has 0 aliphatic carbocycles. The highest BCUT2D eigenvalue weighted by molar-refractivity contribution is 7.99. The monoisotopic (exact) mass is 398 g/mol. The maximum Gasteiger partial charge on any atom is 0.243 e. The van der Waals surface area contributed by atoms with Crippen LogP contribution in [0.15, 0.2) is 35.6 Å². The van der Waals surface area contributed by atoms with Crippen LogP contribution < -0.4 is 9.64 Å². The van der Waals surface area contributed by atoms with E-state index in [-0.39, 0.29) is 5.91 Å². The molecule has 0 unspecified atom stereocenters. The Morgan fingerprint density at radius 3 is 2.89 bits per heavy atom. The van der Waals surface area contributed by atoms with Crippen LogP contribution in [0.4, 0.5) is 5.69 Å². The lowest BCUT2D eigenvalue weighted by Crippen LogP contribution is -2.36. The molecule has 1 amide bonds. The maximum absolute atomic E-state index is 12.8. The third kappa shape index (κ3) is 3.37. The molecule has 0 fully saturated rings. The number of benzene rings is 1. The van der Waals surface area contributed by atoms with Gasteiger partial charge in [-0.1, -0.05) is 30.0 Å². The third-order valence-corrected chi connectivity index (χ3v) is 5.81. The molecule has 0 radical (unpaired) electrons. The Morgan fingerprint density at radius 2 is 2.07 bits per heavy atom. The number of hydrogen-bond acceptors (Lipinski definition) is 6. The zero-order valence-corrected chi connectivity index (χ0v) is 16.9. The van der Waals surface area contributed by atoms with Gasteiger partial charge < -0.3 is 14.2 Å². The number of carbonyl (C=O) groups excluding carboxylic acids is 1. The molecule has 8 nitrogen and oxygen atoms in total. The first-order valence-electron chi connectivity index (χ1n) is 9.07. The number of aromatic nitrogens is 5. The van der Waals surface area contributed by atoms with Crippen LogP contribution in [0.3, 0.4) is 0 Å². The Morgan fingerprint density at radius 1 is 1.25 bits per heavy atom. The minimum absolute atomic E-state index is 0.0839. The number of rotatable bonds is 5. The van der Waals surface area contributed by atoms with Gasteiger partial charge in [0.25, 0.3) is 0 Å². The van der Waals surface area contributed by atoms with E-state index in [1.807, 2.05) is 48.0 Å². The van der Waals surface area contributed by atoms with Crippen LogP contribution in [-0.4, -0.2) is 49.9 Å². The molecule has 3 aromatic rings. The SMILES string of the molecule is COc1nn(C)cc1-c1nnc(SCC(=O)N2CCCc3ccccc32)n1C. The first-order valence-corrected chi connectivity index (χ1v) is 10.1. The van der Waals surface area contributed by atoms with Gasteiger partial charge in [-0.25, -0.2) is 0 Å². The second kappa shape index (κ2) is 7.67. The molecule has 9 heteroatoms. The molecule has 0 N–H and O–H groups in total. The van der Waals surface area contributed by atoms with Crippen molar-refractivity contribution in [3.63, 3.8) is 0 Å². The van der Waals surface area contributed by atoms with E-state index in [2.05, 4.69) is 21.4 Å². The van der Waals surface area contributed by atoms with E-state index in [4.69, 9.17) is 4.74 Å². The molecular weight excluding hydrogens is 376 g/mol. The summed E-state index contributed by atoms with van der Waals surface area (Å²) in [5.74, 6) is 1.55. The fraction of sp³-hybridized carbons (Fsp3) is 0.368. The quantitative estimate of drug-likeness (QED) is 0.614. The Bertz CT molecular complexity index is 1010. The van der Waals surface area contributed by atoms with Crippen molar-refractivity contribution in [2.24, 2.45) is 14.1 Å². The summed E-state index contributed by atoms with van der Waals surface area (Å²) in [4.78, 5) is 14.7. The maximum atomic E-state index is 12.8. The lowest BCUT2D eigenvalue weighted by atomic mass is 10.0. The lowest BCUT2D eigenvalue weighted by Gasteiger charge is -2.29. The first-order chi connectivity index (χ1) is 13.6. The summed E-state index contributed by atoms with van der Waals surface area (Å²) in [5.41, 5.74) is 3.03. The number of nitrogens with zero attached hydrogens (tertiary/aromatic N) is 6. The normalized spacial score (nSPS) is 13.5. The zero-order valence-electron chi connectivity index (χ0n) is 16.1.